The minimum absolute atomic E-state index is 0. The molecule has 1 N–H and O–H groups in total. The molecule has 1 atom stereocenters. The fraction of sp³-hybridized carbons (Fsp3) is 0.393. The Kier molecular flexibility index (Phi) is 6.74. The smallest absolute Gasteiger partial charge is 0.318 e. The molecule has 3 saturated heterocycles. The van der Waals surface area contributed by atoms with Crippen LogP contribution in [0, 0.1) is 12.8 Å². The minimum atomic E-state index is -0.404. The van der Waals surface area contributed by atoms with E-state index in [9.17, 15) is 9.59 Å². The SMILES string of the molecule is Cc1cc(NC(=O)C[N+]23CCC(CC2)C(OC(=O)C2c4ccccc4Cc4ccccc42)C3)no1.[Br-]. The second-order valence-corrected chi connectivity index (χ2v) is 10.3. The number of aryl methyl sites for hydroxylation is 1. The van der Waals surface area contributed by atoms with E-state index in [1.54, 1.807) is 13.0 Å². The summed E-state index contributed by atoms with van der Waals surface area (Å²) in [5.41, 5.74) is 4.46. The van der Waals surface area contributed by atoms with Gasteiger partial charge in [-0.1, -0.05) is 53.7 Å². The standard InChI is InChI=1S/C28H29N3O4.BrH/c1-18-14-25(30-35-18)29-26(32)17-31-12-10-19(11-13-31)24(16-31)34-28(33)27-22-8-4-2-6-20(22)15-21-7-3-5-9-23(21)27;/h2-9,14,19,24,27H,10-13,15-17H2,1H3;1H. The predicted molar refractivity (Wildman–Crippen MR) is 130 cm³/mol. The third-order valence-electron chi connectivity index (χ3n) is 8.03. The second kappa shape index (κ2) is 9.82. The molecular formula is C28H30BrN3O4. The maximum absolute atomic E-state index is 13.7. The van der Waals surface area contributed by atoms with E-state index in [-0.39, 0.29) is 35.0 Å². The van der Waals surface area contributed by atoms with Gasteiger partial charge in [-0.15, -0.1) is 0 Å². The molecule has 36 heavy (non-hydrogen) atoms. The molecular weight excluding hydrogens is 522 g/mol. The fourth-order valence-electron chi connectivity index (χ4n) is 6.29. The number of benzene rings is 2. The number of nitrogens with one attached hydrogen (secondary N) is 1. The lowest BCUT2D eigenvalue weighted by Crippen LogP contribution is -3.00. The number of halogens is 1. The van der Waals surface area contributed by atoms with Crippen molar-refractivity contribution in [2.75, 3.05) is 31.5 Å². The van der Waals surface area contributed by atoms with Gasteiger partial charge in [-0.2, -0.15) is 0 Å². The molecule has 3 aliphatic heterocycles. The summed E-state index contributed by atoms with van der Waals surface area (Å²) >= 11 is 0. The molecule has 1 amide bonds. The zero-order valence-electron chi connectivity index (χ0n) is 20.3. The van der Waals surface area contributed by atoms with Crippen LogP contribution >= 0.6 is 0 Å². The van der Waals surface area contributed by atoms with E-state index < -0.39 is 5.92 Å². The largest absolute Gasteiger partial charge is 1.00 e. The van der Waals surface area contributed by atoms with E-state index in [2.05, 4.69) is 34.7 Å². The second-order valence-electron chi connectivity index (χ2n) is 10.3. The number of rotatable bonds is 5. The van der Waals surface area contributed by atoms with Crippen molar-refractivity contribution in [1.82, 2.24) is 5.16 Å². The molecule has 7 rings (SSSR count). The van der Waals surface area contributed by atoms with E-state index in [1.807, 2.05) is 24.3 Å². The van der Waals surface area contributed by atoms with Crippen LogP contribution in [0.2, 0.25) is 0 Å². The van der Waals surface area contributed by atoms with Crippen LogP contribution in [0.25, 0.3) is 0 Å². The highest BCUT2D eigenvalue weighted by Gasteiger charge is 2.49. The first-order valence-electron chi connectivity index (χ1n) is 12.4. The molecule has 4 aliphatic rings. The van der Waals surface area contributed by atoms with Gasteiger partial charge in [0, 0.05) is 24.8 Å². The van der Waals surface area contributed by atoms with Crippen LogP contribution in [-0.2, 0) is 20.7 Å². The molecule has 0 spiro atoms. The van der Waals surface area contributed by atoms with Gasteiger partial charge in [-0.05, 0) is 35.6 Å². The van der Waals surface area contributed by atoms with Gasteiger partial charge in [-0.3, -0.25) is 9.59 Å². The van der Waals surface area contributed by atoms with Crippen molar-refractivity contribution < 1.29 is 40.3 Å². The Balaban J connectivity index is 0.00000267. The van der Waals surface area contributed by atoms with E-state index in [0.717, 1.165) is 43.5 Å². The summed E-state index contributed by atoms with van der Waals surface area (Å²) in [5.74, 6) is 0.787. The molecule has 3 fully saturated rings. The molecule has 1 unspecified atom stereocenters. The highest BCUT2D eigenvalue weighted by atomic mass is 79.9. The van der Waals surface area contributed by atoms with Gasteiger partial charge in [0.2, 0.25) is 0 Å². The molecule has 0 radical (unpaired) electrons. The van der Waals surface area contributed by atoms with Gasteiger partial charge < -0.3 is 36.0 Å². The molecule has 188 valence electrons. The van der Waals surface area contributed by atoms with Gasteiger partial charge in [0.15, 0.2) is 18.5 Å². The van der Waals surface area contributed by atoms with Crippen molar-refractivity contribution in [3.63, 3.8) is 0 Å². The van der Waals surface area contributed by atoms with Crippen LogP contribution in [0.4, 0.5) is 5.82 Å². The third-order valence-corrected chi connectivity index (χ3v) is 8.03. The molecule has 1 aromatic heterocycles. The van der Waals surface area contributed by atoms with E-state index in [0.29, 0.717) is 35.1 Å². The Labute approximate surface area is 221 Å². The van der Waals surface area contributed by atoms with Crippen LogP contribution in [-0.4, -0.2) is 53.8 Å². The Hall–Kier alpha value is -2.97. The molecule has 1 aliphatic carbocycles. The number of quaternary nitrogens is 1. The first-order chi connectivity index (χ1) is 17.0. The quantitative estimate of drug-likeness (QED) is 0.375. The van der Waals surface area contributed by atoms with Gasteiger partial charge in [0.1, 0.15) is 18.2 Å². The number of hydrogen-bond donors (Lipinski definition) is 1. The lowest BCUT2D eigenvalue weighted by molar-refractivity contribution is -0.938. The van der Waals surface area contributed by atoms with E-state index in [1.165, 1.54) is 11.1 Å². The molecule has 2 bridgehead atoms. The van der Waals surface area contributed by atoms with Crippen molar-refractivity contribution in [2.45, 2.75) is 38.2 Å². The van der Waals surface area contributed by atoms with Crippen molar-refractivity contribution in [3.8, 4) is 0 Å². The number of aromatic nitrogens is 1. The lowest BCUT2D eigenvalue weighted by Gasteiger charge is -2.51. The Morgan fingerprint density at radius 3 is 2.31 bits per heavy atom. The zero-order valence-corrected chi connectivity index (χ0v) is 21.9. The van der Waals surface area contributed by atoms with Crippen LogP contribution in [0.15, 0.2) is 59.1 Å². The van der Waals surface area contributed by atoms with Crippen LogP contribution in [0.3, 0.4) is 0 Å². The number of ether oxygens (including phenoxy) is 1. The number of esters is 1. The van der Waals surface area contributed by atoms with Crippen LogP contribution in [0.5, 0.6) is 0 Å². The number of piperidine rings is 3. The summed E-state index contributed by atoms with van der Waals surface area (Å²) in [7, 11) is 0. The van der Waals surface area contributed by atoms with Crippen molar-refractivity contribution in [1.29, 1.82) is 0 Å². The van der Waals surface area contributed by atoms with Crippen LogP contribution in [0.1, 0.15) is 46.8 Å². The van der Waals surface area contributed by atoms with Gasteiger partial charge in [-0.25, -0.2) is 0 Å². The van der Waals surface area contributed by atoms with Gasteiger partial charge >= 0.3 is 5.97 Å². The van der Waals surface area contributed by atoms with Crippen molar-refractivity contribution >= 4 is 17.7 Å². The average Bonchev–Trinajstić information content (AvgIpc) is 3.26. The number of carbonyl (C=O) groups excluding carboxylic acids is 2. The lowest BCUT2D eigenvalue weighted by atomic mass is 9.78. The fourth-order valence-corrected chi connectivity index (χ4v) is 6.29. The average molecular weight is 552 g/mol. The molecule has 3 aromatic rings. The molecule has 2 aromatic carbocycles. The summed E-state index contributed by atoms with van der Waals surface area (Å²) < 4.78 is 12.0. The molecule has 8 heteroatoms. The Morgan fingerprint density at radius 1 is 1.06 bits per heavy atom. The van der Waals surface area contributed by atoms with E-state index in [4.69, 9.17) is 9.26 Å². The topological polar surface area (TPSA) is 81.4 Å². The minimum Gasteiger partial charge on any atom is -1.00 e. The third kappa shape index (κ3) is 4.60. The zero-order chi connectivity index (χ0) is 24.0. The number of nitrogens with zero attached hydrogens (tertiary/aromatic N) is 2. The molecule has 4 heterocycles. The Morgan fingerprint density at radius 2 is 1.69 bits per heavy atom. The monoisotopic (exact) mass is 551 g/mol. The van der Waals surface area contributed by atoms with E-state index >= 15 is 0 Å². The van der Waals surface area contributed by atoms with Gasteiger partial charge in [0.25, 0.3) is 5.91 Å². The molecule has 0 saturated carbocycles. The normalized spacial score (nSPS) is 24.2. The maximum atomic E-state index is 13.7. The van der Waals surface area contributed by atoms with Crippen LogP contribution < -0.4 is 22.3 Å². The predicted octanol–water partition coefficient (Wildman–Crippen LogP) is 0.814. The van der Waals surface area contributed by atoms with Crippen molar-refractivity contribution in [2.24, 2.45) is 5.92 Å². The summed E-state index contributed by atoms with van der Waals surface area (Å²) in [6.45, 7) is 4.68. The summed E-state index contributed by atoms with van der Waals surface area (Å²) in [6, 6.07) is 18.1. The number of amides is 1. The Bertz CT molecular complexity index is 1240. The number of hydrogen-bond acceptors (Lipinski definition) is 5. The first-order valence-corrected chi connectivity index (χ1v) is 12.4. The van der Waals surface area contributed by atoms with Crippen molar-refractivity contribution in [3.05, 3.63) is 82.6 Å². The number of fused-ring (bicyclic) bond motifs is 5. The summed E-state index contributed by atoms with van der Waals surface area (Å²) in [6.07, 6.45) is 2.59. The molecule has 7 nitrogen and oxygen atoms in total. The highest BCUT2D eigenvalue weighted by Crippen LogP contribution is 2.40. The van der Waals surface area contributed by atoms with Gasteiger partial charge in [0.05, 0.1) is 13.1 Å². The summed E-state index contributed by atoms with van der Waals surface area (Å²) in [4.78, 5) is 26.5. The highest BCUT2D eigenvalue weighted by molar-refractivity contribution is 5.90. The number of anilines is 1. The number of carbonyl (C=O) groups is 2. The summed E-state index contributed by atoms with van der Waals surface area (Å²) in [5, 5.41) is 6.72. The first kappa shape index (κ1) is 24.7. The maximum Gasteiger partial charge on any atom is 0.318 e.